The topological polar surface area (TPSA) is 99.8 Å². The second-order valence-electron chi connectivity index (χ2n) is 6.56. The second-order valence-corrected chi connectivity index (χ2v) is 8.79. The summed E-state index contributed by atoms with van der Waals surface area (Å²) in [6.45, 7) is 0.388. The molecule has 7 nitrogen and oxygen atoms in total. The van der Waals surface area contributed by atoms with Crippen molar-refractivity contribution in [1.82, 2.24) is 20.5 Å². The third kappa shape index (κ3) is 5.80. The van der Waals surface area contributed by atoms with E-state index >= 15 is 0 Å². The van der Waals surface area contributed by atoms with Crippen LogP contribution < -0.4 is 10.6 Å². The number of H-pyrrole nitrogens is 1. The van der Waals surface area contributed by atoms with Crippen molar-refractivity contribution in [2.75, 3.05) is 11.1 Å². The van der Waals surface area contributed by atoms with Gasteiger partial charge in [-0.3, -0.25) is 14.7 Å². The van der Waals surface area contributed by atoms with Crippen molar-refractivity contribution in [2.24, 2.45) is 0 Å². The fraction of sp³-hybridized carbons (Fsp3) is 0.0909. The molecule has 0 fully saturated rings. The number of carbonyl (C=O) groups excluding carboxylic acids is 2. The molecule has 0 aliphatic carbocycles. The Morgan fingerprint density at radius 2 is 1.94 bits per heavy atom. The summed E-state index contributed by atoms with van der Waals surface area (Å²) < 4.78 is 1.11. The van der Waals surface area contributed by atoms with Crippen LogP contribution >= 0.6 is 23.1 Å². The van der Waals surface area contributed by atoms with E-state index in [0.717, 1.165) is 15.3 Å². The molecule has 4 rings (SSSR count). The molecular formula is C22H19N5O2S2. The highest BCUT2D eigenvalue weighted by atomic mass is 32.2. The van der Waals surface area contributed by atoms with Gasteiger partial charge in [0, 0.05) is 23.4 Å². The van der Waals surface area contributed by atoms with Gasteiger partial charge < -0.3 is 10.6 Å². The Hall–Kier alpha value is -3.43. The van der Waals surface area contributed by atoms with Crippen LogP contribution in [0.15, 0.2) is 76.6 Å². The van der Waals surface area contributed by atoms with Crippen LogP contribution in [0.2, 0.25) is 0 Å². The zero-order chi connectivity index (χ0) is 21.5. The molecule has 2 heterocycles. The quantitative estimate of drug-likeness (QED) is 0.350. The number of hydrogen-bond donors (Lipinski definition) is 3. The minimum Gasteiger partial charge on any atom is -0.348 e. The van der Waals surface area contributed by atoms with Crippen molar-refractivity contribution in [2.45, 2.75) is 10.8 Å². The van der Waals surface area contributed by atoms with Gasteiger partial charge in [0.15, 0.2) is 5.82 Å². The Morgan fingerprint density at radius 3 is 2.68 bits per heavy atom. The SMILES string of the molecule is O=C(CSc1cccs1)Nc1ccc(C(=O)NCc2cccc(-c3ncn[nH]3)c2)cc1. The van der Waals surface area contributed by atoms with Crippen molar-refractivity contribution in [3.8, 4) is 11.4 Å². The maximum Gasteiger partial charge on any atom is 0.251 e. The summed E-state index contributed by atoms with van der Waals surface area (Å²) in [7, 11) is 0. The fourth-order valence-electron chi connectivity index (χ4n) is 2.84. The standard InChI is InChI=1S/C22H19N5O2S2/c28-19(13-31-20-5-2-10-30-20)26-18-8-6-16(7-9-18)22(29)23-12-15-3-1-4-17(11-15)21-24-14-25-27-21/h1-11,14H,12-13H2,(H,23,29)(H,26,28)(H,24,25,27). The second kappa shape index (κ2) is 10.1. The molecular weight excluding hydrogens is 430 g/mol. The summed E-state index contributed by atoms with van der Waals surface area (Å²) in [4.78, 5) is 28.7. The molecule has 0 unspecified atom stereocenters. The van der Waals surface area contributed by atoms with Crippen LogP contribution in [0, 0.1) is 0 Å². The van der Waals surface area contributed by atoms with Crippen LogP contribution in [0.1, 0.15) is 15.9 Å². The molecule has 0 bridgehead atoms. The normalized spacial score (nSPS) is 10.6. The Balaban J connectivity index is 1.28. The van der Waals surface area contributed by atoms with E-state index in [4.69, 9.17) is 0 Å². The maximum atomic E-state index is 12.5. The Kier molecular flexibility index (Phi) is 6.75. The maximum absolute atomic E-state index is 12.5. The lowest BCUT2D eigenvalue weighted by Crippen LogP contribution is -2.22. The Morgan fingerprint density at radius 1 is 1.06 bits per heavy atom. The number of anilines is 1. The molecule has 0 aliphatic heterocycles. The molecule has 4 aromatic rings. The fourth-order valence-corrected chi connectivity index (χ4v) is 4.43. The number of amides is 2. The van der Waals surface area contributed by atoms with Crippen molar-refractivity contribution in [3.05, 3.63) is 83.5 Å². The predicted molar refractivity (Wildman–Crippen MR) is 123 cm³/mol. The molecule has 2 aromatic carbocycles. The number of thioether (sulfide) groups is 1. The van der Waals surface area contributed by atoms with E-state index in [9.17, 15) is 9.59 Å². The average Bonchev–Trinajstić information content (AvgIpc) is 3.51. The summed E-state index contributed by atoms with van der Waals surface area (Å²) in [5, 5.41) is 14.4. The van der Waals surface area contributed by atoms with Gasteiger partial charge in [0.2, 0.25) is 5.91 Å². The molecule has 0 radical (unpaired) electrons. The first-order valence-corrected chi connectivity index (χ1v) is 11.3. The van der Waals surface area contributed by atoms with Crippen molar-refractivity contribution < 1.29 is 9.59 Å². The molecule has 2 aromatic heterocycles. The van der Waals surface area contributed by atoms with E-state index in [-0.39, 0.29) is 11.8 Å². The predicted octanol–water partition coefficient (Wildman–Crippen LogP) is 4.19. The van der Waals surface area contributed by atoms with E-state index in [1.165, 1.54) is 18.1 Å². The summed E-state index contributed by atoms with van der Waals surface area (Å²) >= 11 is 3.11. The number of aromatic amines is 1. The molecule has 0 saturated heterocycles. The van der Waals surface area contributed by atoms with Crippen LogP contribution in [0.25, 0.3) is 11.4 Å². The third-order valence-electron chi connectivity index (χ3n) is 4.34. The first-order valence-electron chi connectivity index (χ1n) is 9.46. The zero-order valence-corrected chi connectivity index (χ0v) is 18.0. The number of hydrogen-bond acceptors (Lipinski definition) is 6. The molecule has 0 spiro atoms. The smallest absolute Gasteiger partial charge is 0.251 e. The molecule has 0 atom stereocenters. The largest absolute Gasteiger partial charge is 0.348 e. The molecule has 156 valence electrons. The van der Waals surface area contributed by atoms with Crippen LogP contribution in [0.5, 0.6) is 0 Å². The summed E-state index contributed by atoms with van der Waals surface area (Å²) in [6.07, 6.45) is 1.46. The molecule has 31 heavy (non-hydrogen) atoms. The van der Waals surface area contributed by atoms with Gasteiger partial charge in [0.05, 0.1) is 9.96 Å². The lowest BCUT2D eigenvalue weighted by molar-refractivity contribution is -0.113. The summed E-state index contributed by atoms with van der Waals surface area (Å²) in [5.41, 5.74) is 3.04. The van der Waals surface area contributed by atoms with Crippen molar-refractivity contribution in [1.29, 1.82) is 0 Å². The monoisotopic (exact) mass is 449 g/mol. The van der Waals surface area contributed by atoms with Crippen LogP contribution in [-0.4, -0.2) is 32.7 Å². The van der Waals surface area contributed by atoms with Crippen molar-refractivity contribution >= 4 is 40.6 Å². The molecule has 0 aliphatic rings. The van der Waals surface area contributed by atoms with Crippen LogP contribution in [0.3, 0.4) is 0 Å². The lowest BCUT2D eigenvalue weighted by Gasteiger charge is -2.08. The number of thiophene rings is 1. The highest BCUT2D eigenvalue weighted by molar-refractivity contribution is 8.01. The Bertz CT molecular complexity index is 1140. The number of nitrogens with zero attached hydrogens (tertiary/aromatic N) is 2. The van der Waals surface area contributed by atoms with Gasteiger partial charge in [-0.1, -0.05) is 24.3 Å². The summed E-state index contributed by atoms with van der Waals surface area (Å²) in [5.74, 6) is 0.758. The molecule has 2 amide bonds. The highest BCUT2D eigenvalue weighted by Crippen LogP contribution is 2.23. The number of benzene rings is 2. The number of nitrogens with one attached hydrogen (secondary N) is 3. The van der Waals surface area contributed by atoms with Gasteiger partial charge in [-0.2, -0.15) is 5.10 Å². The van der Waals surface area contributed by atoms with Crippen LogP contribution in [-0.2, 0) is 11.3 Å². The molecule has 0 saturated carbocycles. The first-order chi connectivity index (χ1) is 15.2. The van der Waals surface area contributed by atoms with Gasteiger partial charge in [-0.05, 0) is 47.3 Å². The molecule has 9 heteroatoms. The van der Waals surface area contributed by atoms with Crippen molar-refractivity contribution in [3.63, 3.8) is 0 Å². The van der Waals surface area contributed by atoms with Gasteiger partial charge >= 0.3 is 0 Å². The minimum absolute atomic E-state index is 0.0813. The van der Waals surface area contributed by atoms with Crippen LogP contribution in [0.4, 0.5) is 5.69 Å². The highest BCUT2D eigenvalue weighted by Gasteiger charge is 2.08. The minimum atomic E-state index is -0.184. The number of rotatable bonds is 8. The van der Waals surface area contributed by atoms with E-state index in [1.54, 1.807) is 35.6 Å². The van der Waals surface area contributed by atoms with Gasteiger partial charge in [0.25, 0.3) is 5.91 Å². The van der Waals surface area contributed by atoms with Gasteiger partial charge in [0.1, 0.15) is 6.33 Å². The number of carbonyl (C=O) groups is 2. The number of aromatic nitrogens is 3. The van der Waals surface area contributed by atoms with E-state index < -0.39 is 0 Å². The van der Waals surface area contributed by atoms with E-state index in [2.05, 4.69) is 25.8 Å². The van der Waals surface area contributed by atoms with E-state index in [0.29, 0.717) is 29.4 Å². The van der Waals surface area contributed by atoms with Gasteiger partial charge in [-0.15, -0.1) is 23.1 Å². The summed E-state index contributed by atoms with van der Waals surface area (Å²) in [6, 6.07) is 18.5. The lowest BCUT2D eigenvalue weighted by atomic mass is 10.1. The third-order valence-corrected chi connectivity index (χ3v) is 6.47. The zero-order valence-electron chi connectivity index (χ0n) is 16.4. The van der Waals surface area contributed by atoms with Gasteiger partial charge in [-0.25, -0.2) is 4.98 Å². The Labute approximate surface area is 187 Å². The first kappa shape index (κ1) is 20.8. The molecule has 3 N–H and O–H groups in total. The van der Waals surface area contributed by atoms with E-state index in [1.807, 2.05) is 41.8 Å². The average molecular weight is 450 g/mol.